The van der Waals surface area contributed by atoms with Crippen molar-refractivity contribution in [3.8, 4) is 0 Å². The molecule has 2 N–H and O–H groups in total. The summed E-state index contributed by atoms with van der Waals surface area (Å²) in [5, 5.41) is 5.88. The average Bonchev–Trinajstić information content (AvgIpc) is 2.55. The van der Waals surface area contributed by atoms with Crippen LogP contribution >= 0.6 is 0 Å². The van der Waals surface area contributed by atoms with E-state index >= 15 is 0 Å². The minimum Gasteiger partial charge on any atom is -0.345 e. The van der Waals surface area contributed by atoms with E-state index in [1.54, 1.807) is 0 Å². The molecule has 0 aliphatic heterocycles. The van der Waals surface area contributed by atoms with E-state index in [0.29, 0.717) is 11.3 Å². The fourth-order valence-corrected chi connectivity index (χ4v) is 4.32. The Hall–Kier alpha value is -1.06. The van der Waals surface area contributed by atoms with Crippen LogP contribution in [-0.4, -0.2) is 23.9 Å². The summed E-state index contributed by atoms with van der Waals surface area (Å²) in [5.74, 6) is 0.637. The Morgan fingerprint density at radius 1 is 0.792 bits per heavy atom. The lowest BCUT2D eigenvalue weighted by molar-refractivity contribution is -0.140. The number of carbonyl (C=O) groups excluding carboxylic acids is 2. The molecule has 2 aliphatic rings. The van der Waals surface area contributed by atoms with Crippen molar-refractivity contribution in [2.24, 2.45) is 17.3 Å². The summed E-state index contributed by atoms with van der Waals surface area (Å²) in [5.41, 5.74) is 0.337. The zero-order valence-electron chi connectivity index (χ0n) is 16.0. The molecule has 0 aromatic carbocycles. The minimum absolute atomic E-state index is 0.165. The van der Waals surface area contributed by atoms with Crippen LogP contribution in [0.25, 0.3) is 0 Å². The molecule has 4 heteroatoms. The number of amides is 2. The predicted molar refractivity (Wildman–Crippen MR) is 97.5 cm³/mol. The van der Waals surface area contributed by atoms with Crippen LogP contribution in [0.1, 0.15) is 85.5 Å². The third-order valence-corrected chi connectivity index (χ3v) is 6.25. The molecular formula is C20H36N2O2. The molecule has 2 rings (SSSR count). The first-order valence-electron chi connectivity index (χ1n) is 9.91. The van der Waals surface area contributed by atoms with Crippen LogP contribution < -0.4 is 10.6 Å². The molecular weight excluding hydrogens is 300 g/mol. The minimum atomic E-state index is -0.438. The fourth-order valence-electron chi connectivity index (χ4n) is 4.32. The van der Waals surface area contributed by atoms with Crippen molar-refractivity contribution in [1.29, 1.82) is 0 Å². The highest BCUT2D eigenvalue weighted by Gasteiger charge is 2.31. The summed E-state index contributed by atoms with van der Waals surface area (Å²) in [6.07, 6.45) is 9.82. The molecule has 24 heavy (non-hydrogen) atoms. The summed E-state index contributed by atoms with van der Waals surface area (Å²) in [6, 6.07) is 0.348. The number of carbonyl (C=O) groups is 2. The van der Waals surface area contributed by atoms with Crippen LogP contribution in [0.3, 0.4) is 0 Å². The maximum Gasteiger partial charge on any atom is 0.309 e. The number of hydrogen-bond donors (Lipinski definition) is 2. The second-order valence-electron chi connectivity index (χ2n) is 8.99. The quantitative estimate of drug-likeness (QED) is 0.770. The van der Waals surface area contributed by atoms with Gasteiger partial charge in [0.2, 0.25) is 0 Å². The molecule has 2 amide bonds. The molecule has 0 spiro atoms. The predicted octanol–water partition coefficient (Wildman–Crippen LogP) is 3.79. The van der Waals surface area contributed by atoms with Gasteiger partial charge < -0.3 is 10.6 Å². The Morgan fingerprint density at radius 3 is 1.58 bits per heavy atom. The maximum atomic E-state index is 12.2. The van der Waals surface area contributed by atoms with Gasteiger partial charge in [-0.3, -0.25) is 9.59 Å². The molecule has 0 heterocycles. The van der Waals surface area contributed by atoms with Crippen molar-refractivity contribution >= 4 is 11.8 Å². The molecule has 0 aromatic heterocycles. The molecule has 2 fully saturated rings. The molecule has 2 aliphatic carbocycles. The highest BCUT2D eigenvalue weighted by molar-refractivity contribution is 6.35. The summed E-state index contributed by atoms with van der Waals surface area (Å²) in [7, 11) is 0. The molecule has 2 saturated carbocycles. The number of rotatable bonds is 3. The lowest BCUT2D eigenvalue weighted by Gasteiger charge is -2.37. The highest BCUT2D eigenvalue weighted by Crippen LogP contribution is 2.37. The van der Waals surface area contributed by atoms with Crippen LogP contribution in [-0.2, 0) is 9.59 Å². The molecule has 0 unspecified atom stereocenters. The van der Waals surface area contributed by atoms with Gasteiger partial charge in [-0.2, -0.15) is 0 Å². The first kappa shape index (κ1) is 19.3. The molecule has 0 saturated heterocycles. The second-order valence-corrected chi connectivity index (χ2v) is 8.99. The third kappa shape index (κ3) is 5.49. The van der Waals surface area contributed by atoms with E-state index in [1.165, 1.54) is 19.3 Å². The zero-order valence-corrected chi connectivity index (χ0v) is 16.0. The topological polar surface area (TPSA) is 58.2 Å². The van der Waals surface area contributed by atoms with Crippen molar-refractivity contribution < 1.29 is 9.59 Å². The molecule has 0 bridgehead atoms. The Bertz CT molecular complexity index is 425. The van der Waals surface area contributed by atoms with E-state index in [-0.39, 0.29) is 12.1 Å². The first-order valence-corrected chi connectivity index (χ1v) is 9.91. The Kier molecular flexibility index (Phi) is 6.70. The third-order valence-electron chi connectivity index (χ3n) is 6.25. The van der Waals surface area contributed by atoms with Crippen LogP contribution in [0.2, 0.25) is 0 Å². The summed E-state index contributed by atoms with van der Waals surface area (Å²) in [6.45, 7) is 9.09. The molecule has 138 valence electrons. The summed E-state index contributed by atoms with van der Waals surface area (Å²) in [4.78, 5) is 24.3. The van der Waals surface area contributed by atoms with Crippen LogP contribution in [0.5, 0.6) is 0 Å². The molecule has 4 nitrogen and oxygen atoms in total. The molecule has 0 atom stereocenters. The zero-order chi connectivity index (χ0) is 17.7. The first-order chi connectivity index (χ1) is 11.3. The lowest BCUT2D eigenvalue weighted by Crippen LogP contribution is -2.49. The van der Waals surface area contributed by atoms with Crippen LogP contribution in [0, 0.1) is 17.3 Å². The van der Waals surface area contributed by atoms with Gasteiger partial charge >= 0.3 is 11.8 Å². The summed E-state index contributed by atoms with van der Waals surface area (Å²) < 4.78 is 0. The highest BCUT2D eigenvalue weighted by atomic mass is 16.2. The Balaban J connectivity index is 1.70. The van der Waals surface area contributed by atoms with E-state index in [4.69, 9.17) is 0 Å². The largest absolute Gasteiger partial charge is 0.345 e. The van der Waals surface area contributed by atoms with Gasteiger partial charge in [0.05, 0.1) is 0 Å². The van der Waals surface area contributed by atoms with Gasteiger partial charge in [-0.15, -0.1) is 0 Å². The van der Waals surface area contributed by atoms with Gasteiger partial charge in [0, 0.05) is 12.1 Å². The van der Waals surface area contributed by atoms with Gasteiger partial charge in [0.15, 0.2) is 0 Å². The van der Waals surface area contributed by atoms with E-state index < -0.39 is 11.8 Å². The van der Waals surface area contributed by atoms with Gasteiger partial charge in [-0.25, -0.2) is 0 Å². The van der Waals surface area contributed by atoms with Crippen molar-refractivity contribution in [3.05, 3.63) is 0 Å². The number of nitrogens with one attached hydrogen (secondary N) is 2. The van der Waals surface area contributed by atoms with Crippen molar-refractivity contribution in [2.45, 2.75) is 97.6 Å². The van der Waals surface area contributed by atoms with Gasteiger partial charge in [0.1, 0.15) is 0 Å². The average molecular weight is 337 g/mol. The Labute approximate surface area is 147 Å². The smallest absolute Gasteiger partial charge is 0.309 e. The van der Waals surface area contributed by atoms with E-state index in [2.05, 4.69) is 38.3 Å². The van der Waals surface area contributed by atoms with Gasteiger partial charge in [-0.05, 0) is 68.6 Å². The number of hydrogen-bond acceptors (Lipinski definition) is 2. The van der Waals surface area contributed by atoms with Crippen LogP contribution in [0.15, 0.2) is 0 Å². The normalized spacial score (nSPS) is 31.3. The van der Waals surface area contributed by atoms with E-state index in [9.17, 15) is 9.59 Å². The van der Waals surface area contributed by atoms with Crippen LogP contribution in [0.4, 0.5) is 0 Å². The maximum absolute atomic E-state index is 12.2. The van der Waals surface area contributed by atoms with Gasteiger partial charge in [-0.1, -0.05) is 34.1 Å². The van der Waals surface area contributed by atoms with Crippen molar-refractivity contribution in [1.82, 2.24) is 10.6 Å². The molecule has 0 radical (unpaired) electrons. The Morgan fingerprint density at radius 2 is 1.21 bits per heavy atom. The molecule has 0 aromatic rings. The second kappa shape index (κ2) is 8.35. The van der Waals surface area contributed by atoms with Crippen molar-refractivity contribution in [3.63, 3.8) is 0 Å². The standard InChI is InChI=1S/C20H36N2O2/c1-5-14-6-10-16(11-7-14)21-18(23)19(24)22-17-12-8-15(9-13-17)20(2,3)4/h14-17H,5-13H2,1-4H3,(H,21,23)(H,22,24). The summed E-state index contributed by atoms with van der Waals surface area (Å²) >= 11 is 0. The van der Waals surface area contributed by atoms with E-state index in [0.717, 1.165) is 44.4 Å². The van der Waals surface area contributed by atoms with E-state index in [1.807, 2.05) is 0 Å². The fraction of sp³-hybridized carbons (Fsp3) is 0.900. The lowest BCUT2D eigenvalue weighted by atomic mass is 9.71. The van der Waals surface area contributed by atoms with Crippen molar-refractivity contribution in [2.75, 3.05) is 0 Å². The van der Waals surface area contributed by atoms with Gasteiger partial charge in [0.25, 0.3) is 0 Å². The monoisotopic (exact) mass is 336 g/mol. The SMILES string of the molecule is CCC1CCC(NC(=O)C(=O)NC2CCC(C(C)(C)C)CC2)CC1.